The summed E-state index contributed by atoms with van der Waals surface area (Å²) in [6.07, 6.45) is -0.673. The molecule has 0 aliphatic carbocycles. The molecular weight excluding hydrogens is 283 g/mol. The van der Waals surface area contributed by atoms with Crippen LogP contribution < -0.4 is 4.74 Å². The van der Waals surface area contributed by atoms with E-state index in [-0.39, 0.29) is 0 Å². The van der Waals surface area contributed by atoms with Gasteiger partial charge in [0, 0.05) is 4.47 Å². The van der Waals surface area contributed by atoms with Crippen LogP contribution in [0, 0.1) is 0 Å². The third-order valence-corrected chi connectivity index (χ3v) is 2.52. The lowest BCUT2D eigenvalue weighted by atomic mass is 10.3. The van der Waals surface area contributed by atoms with Crippen molar-refractivity contribution in [1.82, 2.24) is 0 Å². The Balaban J connectivity index is 2.76. The quantitative estimate of drug-likeness (QED) is 0.804. The largest absolute Gasteiger partial charge is 0.477 e. The zero-order valence-electron chi connectivity index (χ0n) is 8.29. The van der Waals surface area contributed by atoms with Crippen LogP contribution in [-0.4, -0.2) is 19.2 Å². The highest BCUT2D eigenvalue weighted by Crippen LogP contribution is 2.28. The standard InChI is InChI=1S/C10H10BrClO3/c1-6(10(13)14-2)15-9-4-3-7(11)5-8(9)12/h3-6H,1-2H3. The first-order valence-electron chi connectivity index (χ1n) is 4.24. The highest BCUT2D eigenvalue weighted by Gasteiger charge is 2.16. The van der Waals surface area contributed by atoms with Gasteiger partial charge in [0.1, 0.15) is 5.75 Å². The van der Waals surface area contributed by atoms with Crippen molar-refractivity contribution in [2.24, 2.45) is 0 Å². The molecule has 1 unspecified atom stereocenters. The van der Waals surface area contributed by atoms with Crippen molar-refractivity contribution in [2.75, 3.05) is 7.11 Å². The number of esters is 1. The normalized spacial score (nSPS) is 12.0. The maximum Gasteiger partial charge on any atom is 0.346 e. The first-order valence-corrected chi connectivity index (χ1v) is 5.41. The van der Waals surface area contributed by atoms with E-state index in [2.05, 4.69) is 20.7 Å². The summed E-state index contributed by atoms with van der Waals surface area (Å²) < 4.78 is 10.7. The first kappa shape index (κ1) is 12.3. The summed E-state index contributed by atoms with van der Waals surface area (Å²) in [6.45, 7) is 1.60. The second-order valence-corrected chi connectivity index (χ2v) is 4.18. The maximum atomic E-state index is 11.1. The zero-order chi connectivity index (χ0) is 11.4. The van der Waals surface area contributed by atoms with E-state index in [1.54, 1.807) is 25.1 Å². The summed E-state index contributed by atoms with van der Waals surface area (Å²) in [5.74, 6) is 0.0201. The third-order valence-electron chi connectivity index (χ3n) is 1.73. The fraction of sp³-hybridized carbons (Fsp3) is 0.300. The Hall–Kier alpha value is -0.740. The minimum atomic E-state index is -0.673. The highest BCUT2D eigenvalue weighted by atomic mass is 79.9. The van der Waals surface area contributed by atoms with Crippen LogP contribution in [0.15, 0.2) is 22.7 Å². The molecule has 15 heavy (non-hydrogen) atoms. The molecule has 1 atom stereocenters. The average molecular weight is 294 g/mol. The van der Waals surface area contributed by atoms with Gasteiger partial charge in [-0.3, -0.25) is 0 Å². The molecule has 0 N–H and O–H groups in total. The fourth-order valence-electron chi connectivity index (χ4n) is 0.975. The Morgan fingerprint density at radius 1 is 1.53 bits per heavy atom. The van der Waals surface area contributed by atoms with Crippen molar-refractivity contribution in [3.8, 4) is 5.75 Å². The van der Waals surface area contributed by atoms with Gasteiger partial charge in [-0.25, -0.2) is 4.79 Å². The van der Waals surface area contributed by atoms with Gasteiger partial charge in [0.05, 0.1) is 12.1 Å². The highest BCUT2D eigenvalue weighted by molar-refractivity contribution is 9.10. The first-order chi connectivity index (χ1) is 7.04. The van der Waals surface area contributed by atoms with Gasteiger partial charge >= 0.3 is 5.97 Å². The number of carbonyl (C=O) groups is 1. The molecule has 1 rings (SSSR count). The van der Waals surface area contributed by atoms with Gasteiger partial charge in [-0.05, 0) is 25.1 Å². The van der Waals surface area contributed by atoms with E-state index in [0.29, 0.717) is 10.8 Å². The lowest BCUT2D eigenvalue weighted by Crippen LogP contribution is -2.24. The molecule has 82 valence electrons. The molecule has 0 amide bonds. The Morgan fingerprint density at radius 3 is 2.73 bits per heavy atom. The summed E-state index contributed by atoms with van der Waals surface area (Å²) in [5.41, 5.74) is 0. The van der Waals surface area contributed by atoms with E-state index in [1.165, 1.54) is 7.11 Å². The number of rotatable bonds is 3. The van der Waals surface area contributed by atoms with E-state index in [0.717, 1.165) is 4.47 Å². The summed E-state index contributed by atoms with van der Waals surface area (Å²) in [6, 6.07) is 5.16. The molecule has 3 nitrogen and oxygen atoms in total. The average Bonchev–Trinajstić information content (AvgIpc) is 2.20. The van der Waals surface area contributed by atoms with Crippen LogP contribution in [0.2, 0.25) is 5.02 Å². The van der Waals surface area contributed by atoms with Crippen LogP contribution in [-0.2, 0) is 9.53 Å². The van der Waals surface area contributed by atoms with Gasteiger partial charge in [0.15, 0.2) is 6.10 Å². The van der Waals surface area contributed by atoms with Gasteiger partial charge in [0.2, 0.25) is 0 Å². The summed E-state index contributed by atoms with van der Waals surface area (Å²) in [4.78, 5) is 11.1. The monoisotopic (exact) mass is 292 g/mol. The Morgan fingerprint density at radius 2 is 2.20 bits per heavy atom. The van der Waals surface area contributed by atoms with E-state index >= 15 is 0 Å². The lowest BCUT2D eigenvalue weighted by Gasteiger charge is -2.13. The summed E-state index contributed by atoms with van der Waals surface area (Å²) in [5, 5.41) is 0.445. The van der Waals surface area contributed by atoms with Crippen LogP contribution in [0.4, 0.5) is 0 Å². The van der Waals surface area contributed by atoms with Crippen LogP contribution in [0.3, 0.4) is 0 Å². The molecular formula is C10H10BrClO3. The topological polar surface area (TPSA) is 35.5 Å². The van der Waals surface area contributed by atoms with Crippen molar-refractivity contribution in [1.29, 1.82) is 0 Å². The predicted molar refractivity (Wildman–Crippen MR) is 61.3 cm³/mol. The smallest absolute Gasteiger partial charge is 0.346 e. The molecule has 5 heteroatoms. The van der Waals surface area contributed by atoms with Gasteiger partial charge < -0.3 is 9.47 Å². The summed E-state index contributed by atoms with van der Waals surface area (Å²) in [7, 11) is 1.31. The van der Waals surface area contributed by atoms with Crippen LogP contribution in [0.5, 0.6) is 5.75 Å². The van der Waals surface area contributed by atoms with Gasteiger partial charge in [-0.15, -0.1) is 0 Å². The molecule has 1 aromatic rings. The lowest BCUT2D eigenvalue weighted by molar-refractivity contribution is -0.147. The van der Waals surface area contributed by atoms with E-state index in [1.807, 2.05) is 0 Å². The molecule has 0 aromatic heterocycles. The molecule has 0 aliphatic rings. The van der Waals surface area contributed by atoms with Crippen LogP contribution in [0.1, 0.15) is 6.92 Å². The molecule has 0 saturated carbocycles. The van der Waals surface area contributed by atoms with E-state index in [9.17, 15) is 4.79 Å². The number of methoxy groups -OCH3 is 1. The fourth-order valence-corrected chi connectivity index (χ4v) is 1.69. The Labute approximate surface area is 101 Å². The third kappa shape index (κ3) is 3.39. The molecule has 0 fully saturated rings. The minimum absolute atomic E-state index is 0.436. The molecule has 0 saturated heterocycles. The number of hydrogen-bond donors (Lipinski definition) is 0. The number of halogens is 2. The molecule has 0 bridgehead atoms. The Bertz CT molecular complexity index is 368. The SMILES string of the molecule is COC(=O)C(C)Oc1ccc(Br)cc1Cl. The molecule has 0 spiro atoms. The van der Waals surface area contributed by atoms with Crippen molar-refractivity contribution in [3.05, 3.63) is 27.7 Å². The number of hydrogen-bond acceptors (Lipinski definition) is 3. The van der Waals surface area contributed by atoms with Gasteiger partial charge in [0.25, 0.3) is 0 Å². The van der Waals surface area contributed by atoms with Gasteiger partial charge in [-0.1, -0.05) is 27.5 Å². The van der Waals surface area contributed by atoms with Crippen molar-refractivity contribution >= 4 is 33.5 Å². The van der Waals surface area contributed by atoms with E-state index < -0.39 is 12.1 Å². The second-order valence-electron chi connectivity index (χ2n) is 2.86. The molecule has 1 aromatic carbocycles. The van der Waals surface area contributed by atoms with E-state index in [4.69, 9.17) is 16.3 Å². The number of ether oxygens (including phenoxy) is 2. The zero-order valence-corrected chi connectivity index (χ0v) is 10.6. The minimum Gasteiger partial charge on any atom is -0.477 e. The van der Waals surface area contributed by atoms with Gasteiger partial charge in [-0.2, -0.15) is 0 Å². The molecule has 0 aliphatic heterocycles. The van der Waals surface area contributed by atoms with Crippen LogP contribution in [0.25, 0.3) is 0 Å². The van der Waals surface area contributed by atoms with Crippen molar-refractivity contribution in [3.63, 3.8) is 0 Å². The van der Waals surface area contributed by atoms with Crippen molar-refractivity contribution in [2.45, 2.75) is 13.0 Å². The predicted octanol–water partition coefficient (Wildman–Crippen LogP) is 3.04. The summed E-state index contributed by atoms with van der Waals surface area (Å²) >= 11 is 9.19. The number of benzene rings is 1. The molecule has 0 heterocycles. The van der Waals surface area contributed by atoms with Crippen LogP contribution >= 0.6 is 27.5 Å². The van der Waals surface area contributed by atoms with Crippen molar-refractivity contribution < 1.29 is 14.3 Å². The second kappa shape index (κ2) is 5.37. The molecule has 0 radical (unpaired) electrons. The number of carbonyl (C=O) groups excluding carboxylic acids is 1. The maximum absolute atomic E-state index is 11.1. The Kier molecular flexibility index (Phi) is 4.42.